The van der Waals surface area contributed by atoms with Crippen molar-refractivity contribution in [3.8, 4) is 11.8 Å². The van der Waals surface area contributed by atoms with Gasteiger partial charge in [0.1, 0.15) is 0 Å². The predicted molar refractivity (Wildman–Crippen MR) is 80.1 cm³/mol. The van der Waals surface area contributed by atoms with Gasteiger partial charge in [0.05, 0.1) is 15.1 Å². The summed E-state index contributed by atoms with van der Waals surface area (Å²) in [6.07, 6.45) is 0. The molecule has 1 heterocycles. The summed E-state index contributed by atoms with van der Waals surface area (Å²) >= 11 is 17.8. The van der Waals surface area contributed by atoms with Gasteiger partial charge in [0, 0.05) is 20.2 Å². The molecule has 0 aliphatic heterocycles. The molecule has 1 aromatic carbocycles. The van der Waals surface area contributed by atoms with Crippen LogP contribution in [0.3, 0.4) is 0 Å². The monoisotopic (exact) mass is 333 g/mol. The van der Waals surface area contributed by atoms with E-state index < -0.39 is 0 Å². The first-order valence-electron chi connectivity index (χ1n) is 5.38. The summed E-state index contributed by atoms with van der Waals surface area (Å²) in [5.41, 5.74) is 5.59. The van der Waals surface area contributed by atoms with Gasteiger partial charge in [-0.1, -0.05) is 34.8 Å². The first-order valence-corrected chi connectivity index (χ1v) is 6.51. The van der Waals surface area contributed by atoms with Crippen LogP contribution in [0.2, 0.25) is 15.1 Å². The summed E-state index contributed by atoms with van der Waals surface area (Å²) in [6.45, 7) is 0. The topological polar surface area (TPSA) is 77.2 Å². The minimum Gasteiger partial charge on any atom is -0.422 e. The van der Waals surface area contributed by atoms with E-state index in [1.165, 1.54) is 12.1 Å². The zero-order valence-electron chi connectivity index (χ0n) is 10.6. The number of nitrogen functional groups attached to an aromatic ring is 1. The quantitative estimate of drug-likeness (QED) is 0.868. The lowest BCUT2D eigenvalue weighted by molar-refractivity contribution is 0.441. The molecule has 0 amide bonds. The van der Waals surface area contributed by atoms with Crippen LogP contribution in [0, 0.1) is 0 Å². The van der Waals surface area contributed by atoms with Crippen molar-refractivity contribution in [1.82, 2.24) is 15.0 Å². The third-order valence-electron chi connectivity index (χ3n) is 2.20. The standard InChI is InChI=1S/C11H10Cl3N5O/c1-19(2)10-16-9(15)17-11(18-10)20-8-4-6(13)5(12)3-7(8)14/h3-4H,1-2H3,(H2,15,16,17,18). The van der Waals surface area contributed by atoms with Gasteiger partial charge < -0.3 is 15.4 Å². The summed E-state index contributed by atoms with van der Waals surface area (Å²) in [7, 11) is 3.54. The molecule has 0 saturated carbocycles. The molecule has 6 nitrogen and oxygen atoms in total. The van der Waals surface area contributed by atoms with Gasteiger partial charge in [0.15, 0.2) is 5.75 Å². The van der Waals surface area contributed by atoms with E-state index in [0.717, 1.165) is 0 Å². The zero-order chi connectivity index (χ0) is 14.9. The fourth-order valence-electron chi connectivity index (χ4n) is 1.29. The van der Waals surface area contributed by atoms with Crippen molar-refractivity contribution in [3.05, 3.63) is 27.2 Å². The molecule has 0 fully saturated rings. The van der Waals surface area contributed by atoms with Gasteiger partial charge >= 0.3 is 6.01 Å². The van der Waals surface area contributed by atoms with E-state index >= 15 is 0 Å². The van der Waals surface area contributed by atoms with Crippen molar-refractivity contribution in [2.24, 2.45) is 0 Å². The van der Waals surface area contributed by atoms with Crippen LogP contribution in [-0.2, 0) is 0 Å². The second-order valence-corrected chi connectivity index (χ2v) is 5.19. The molecule has 2 rings (SSSR count). The van der Waals surface area contributed by atoms with Gasteiger partial charge in [0.25, 0.3) is 0 Å². The Labute approximate surface area is 130 Å². The highest BCUT2D eigenvalue weighted by atomic mass is 35.5. The predicted octanol–water partition coefficient (Wildman–Crippen LogP) is 3.27. The number of anilines is 2. The van der Waals surface area contributed by atoms with E-state index in [4.69, 9.17) is 45.3 Å². The van der Waals surface area contributed by atoms with Gasteiger partial charge in [-0.15, -0.1) is 0 Å². The van der Waals surface area contributed by atoms with E-state index in [2.05, 4.69) is 15.0 Å². The molecule has 0 radical (unpaired) electrons. The molecular weight excluding hydrogens is 325 g/mol. The molecule has 0 aliphatic rings. The Kier molecular flexibility index (Phi) is 4.37. The van der Waals surface area contributed by atoms with E-state index in [1.807, 2.05) is 0 Å². The van der Waals surface area contributed by atoms with Crippen molar-refractivity contribution in [2.75, 3.05) is 24.7 Å². The summed E-state index contributed by atoms with van der Waals surface area (Å²) in [6, 6.07) is 2.96. The molecule has 0 bridgehead atoms. The number of rotatable bonds is 3. The van der Waals surface area contributed by atoms with E-state index in [1.54, 1.807) is 19.0 Å². The molecule has 0 atom stereocenters. The Bertz CT molecular complexity index is 650. The molecule has 106 valence electrons. The Morgan fingerprint density at radius 1 is 1.00 bits per heavy atom. The van der Waals surface area contributed by atoms with Crippen molar-refractivity contribution < 1.29 is 4.74 Å². The largest absolute Gasteiger partial charge is 0.422 e. The Morgan fingerprint density at radius 2 is 1.65 bits per heavy atom. The van der Waals surface area contributed by atoms with Gasteiger partial charge in [0.2, 0.25) is 11.9 Å². The molecule has 0 unspecified atom stereocenters. The number of hydrogen-bond acceptors (Lipinski definition) is 6. The smallest absolute Gasteiger partial charge is 0.328 e. The normalized spacial score (nSPS) is 10.4. The highest BCUT2D eigenvalue weighted by Gasteiger charge is 2.12. The molecule has 1 aromatic heterocycles. The van der Waals surface area contributed by atoms with Crippen LogP contribution in [0.4, 0.5) is 11.9 Å². The minimum absolute atomic E-state index is 0.0153. The summed E-state index contributed by atoms with van der Waals surface area (Å²) in [4.78, 5) is 13.6. The average Bonchev–Trinajstić information content (AvgIpc) is 2.35. The fourth-order valence-corrected chi connectivity index (χ4v) is 1.86. The lowest BCUT2D eigenvalue weighted by Crippen LogP contribution is -2.15. The Morgan fingerprint density at radius 3 is 2.30 bits per heavy atom. The second-order valence-electron chi connectivity index (χ2n) is 3.97. The number of aromatic nitrogens is 3. The Hall–Kier alpha value is -1.50. The zero-order valence-corrected chi connectivity index (χ0v) is 12.8. The highest BCUT2D eigenvalue weighted by molar-refractivity contribution is 6.43. The van der Waals surface area contributed by atoms with Crippen molar-refractivity contribution in [1.29, 1.82) is 0 Å². The van der Waals surface area contributed by atoms with E-state index in [0.29, 0.717) is 16.0 Å². The molecule has 2 aromatic rings. The first-order chi connectivity index (χ1) is 9.36. The van der Waals surface area contributed by atoms with Crippen LogP contribution in [0.5, 0.6) is 11.8 Å². The summed E-state index contributed by atoms with van der Waals surface area (Å²) in [5, 5.41) is 0.916. The number of nitrogens with zero attached hydrogens (tertiary/aromatic N) is 4. The molecular formula is C11H10Cl3N5O. The fraction of sp³-hybridized carbons (Fsp3) is 0.182. The number of ether oxygens (including phenoxy) is 1. The number of benzene rings is 1. The van der Waals surface area contributed by atoms with Gasteiger partial charge in [-0.25, -0.2) is 0 Å². The van der Waals surface area contributed by atoms with Crippen molar-refractivity contribution >= 4 is 46.7 Å². The maximum atomic E-state index is 6.01. The van der Waals surface area contributed by atoms with Gasteiger partial charge in [-0.2, -0.15) is 15.0 Å². The highest BCUT2D eigenvalue weighted by Crippen LogP contribution is 2.35. The number of halogens is 3. The van der Waals surface area contributed by atoms with Crippen LogP contribution in [0.1, 0.15) is 0 Å². The molecule has 0 aliphatic carbocycles. The van der Waals surface area contributed by atoms with Crippen LogP contribution in [-0.4, -0.2) is 29.0 Å². The van der Waals surface area contributed by atoms with Crippen molar-refractivity contribution in [3.63, 3.8) is 0 Å². The van der Waals surface area contributed by atoms with E-state index in [9.17, 15) is 0 Å². The maximum Gasteiger partial charge on any atom is 0.328 e. The van der Waals surface area contributed by atoms with Crippen LogP contribution in [0.15, 0.2) is 12.1 Å². The average molecular weight is 335 g/mol. The van der Waals surface area contributed by atoms with Crippen LogP contribution < -0.4 is 15.4 Å². The summed E-state index contributed by atoms with van der Waals surface area (Å²) < 4.78 is 5.47. The molecule has 20 heavy (non-hydrogen) atoms. The van der Waals surface area contributed by atoms with Crippen LogP contribution >= 0.6 is 34.8 Å². The third kappa shape index (κ3) is 3.33. The first kappa shape index (κ1) is 14.9. The number of hydrogen-bond donors (Lipinski definition) is 1. The van der Waals surface area contributed by atoms with E-state index in [-0.39, 0.29) is 22.7 Å². The minimum atomic E-state index is 0.0153. The maximum absolute atomic E-state index is 6.01. The third-order valence-corrected chi connectivity index (χ3v) is 3.21. The lowest BCUT2D eigenvalue weighted by atomic mass is 10.3. The van der Waals surface area contributed by atoms with Gasteiger partial charge in [-0.3, -0.25) is 0 Å². The second kappa shape index (κ2) is 5.87. The molecule has 0 saturated heterocycles. The number of nitrogens with two attached hydrogens (primary N) is 1. The van der Waals surface area contributed by atoms with Crippen LogP contribution in [0.25, 0.3) is 0 Å². The SMILES string of the molecule is CN(C)c1nc(N)nc(Oc2cc(Cl)c(Cl)cc2Cl)n1. The molecule has 0 spiro atoms. The summed E-state index contributed by atoms with van der Waals surface area (Å²) in [5.74, 6) is 0.676. The van der Waals surface area contributed by atoms with Gasteiger partial charge in [-0.05, 0) is 6.07 Å². The van der Waals surface area contributed by atoms with Crippen molar-refractivity contribution in [2.45, 2.75) is 0 Å². The lowest BCUT2D eigenvalue weighted by Gasteiger charge is -2.12. The molecule has 2 N–H and O–H groups in total. The Balaban J connectivity index is 2.37. The molecule has 9 heteroatoms.